The van der Waals surface area contributed by atoms with Gasteiger partial charge in [-0.2, -0.15) is 0 Å². The molecule has 148 valence electrons. The van der Waals surface area contributed by atoms with E-state index in [1.54, 1.807) is 13.2 Å². The van der Waals surface area contributed by atoms with E-state index in [9.17, 15) is 4.39 Å². The lowest BCUT2D eigenvalue weighted by molar-refractivity contribution is 0.177. The molecule has 8 heteroatoms. The Morgan fingerprint density at radius 1 is 1.25 bits per heavy atom. The normalized spacial score (nSPS) is 19.0. The first kappa shape index (κ1) is 18.8. The summed E-state index contributed by atoms with van der Waals surface area (Å²) in [5.41, 5.74) is 8.46. The van der Waals surface area contributed by atoms with Crippen LogP contribution in [0.3, 0.4) is 0 Å². The van der Waals surface area contributed by atoms with Gasteiger partial charge in [-0.05, 0) is 37.5 Å². The van der Waals surface area contributed by atoms with Gasteiger partial charge < -0.3 is 20.8 Å². The number of halogens is 1. The summed E-state index contributed by atoms with van der Waals surface area (Å²) in [4.78, 5) is 16.8. The largest absolute Gasteiger partial charge is 0.377 e. The number of H-pyrrole nitrogens is 1. The predicted octanol–water partition coefficient (Wildman–Crippen LogP) is 2.89. The molecule has 0 radical (unpaired) electrons. The van der Waals surface area contributed by atoms with Crippen LogP contribution in [-0.2, 0) is 17.8 Å². The number of hydrogen-bond acceptors (Lipinski definition) is 6. The number of benzene rings is 1. The fourth-order valence-corrected chi connectivity index (χ4v) is 3.54. The highest BCUT2D eigenvalue weighted by Crippen LogP contribution is 2.35. The number of fused-ring (bicyclic) bond motifs is 1. The lowest BCUT2D eigenvalue weighted by Gasteiger charge is -2.32. The maximum Gasteiger partial charge on any atom is 0.156 e. The fraction of sp³-hybridized carbons (Fsp3) is 0.450. The van der Waals surface area contributed by atoms with Gasteiger partial charge in [-0.15, -0.1) is 0 Å². The SMILES string of the molecule is COCc1nc(NCCCc2nc3ccc(F)cc3[nH]2)cc(C2CC(N)C2)n1. The zero-order valence-corrected chi connectivity index (χ0v) is 15.9. The molecule has 3 aromatic rings. The molecule has 0 amide bonds. The van der Waals surface area contributed by atoms with E-state index < -0.39 is 0 Å². The van der Waals surface area contributed by atoms with E-state index in [-0.39, 0.29) is 11.9 Å². The monoisotopic (exact) mass is 384 g/mol. The van der Waals surface area contributed by atoms with Crippen molar-refractivity contribution in [2.24, 2.45) is 5.73 Å². The van der Waals surface area contributed by atoms with Gasteiger partial charge >= 0.3 is 0 Å². The Bertz CT molecular complexity index is 953. The zero-order chi connectivity index (χ0) is 19.5. The topological polar surface area (TPSA) is 102 Å². The number of nitrogens with zero attached hydrogens (tertiary/aromatic N) is 3. The number of aromatic amines is 1. The first-order valence-corrected chi connectivity index (χ1v) is 9.61. The second kappa shape index (κ2) is 8.20. The molecule has 4 rings (SSSR count). The van der Waals surface area contributed by atoms with Gasteiger partial charge in [-0.3, -0.25) is 0 Å². The van der Waals surface area contributed by atoms with Crippen molar-refractivity contribution >= 4 is 16.9 Å². The van der Waals surface area contributed by atoms with E-state index >= 15 is 0 Å². The summed E-state index contributed by atoms with van der Waals surface area (Å²) in [5, 5.41) is 3.37. The van der Waals surface area contributed by atoms with Crippen LogP contribution in [0.2, 0.25) is 0 Å². The van der Waals surface area contributed by atoms with Crippen LogP contribution < -0.4 is 11.1 Å². The number of rotatable bonds is 8. The quantitative estimate of drug-likeness (QED) is 0.516. The van der Waals surface area contributed by atoms with Gasteiger partial charge in [0.1, 0.15) is 24.1 Å². The third-order valence-electron chi connectivity index (χ3n) is 5.05. The number of aromatic nitrogens is 4. The highest BCUT2D eigenvalue weighted by molar-refractivity contribution is 5.74. The molecule has 1 fully saturated rings. The predicted molar refractivity (Wildman–Crippen MR) is 106 cm³/mol. The van der Waals surface area contributed by atoms with Crippen molar-refractivity contribution in [3.63, 3.8) is 0 Å². The molecular formula is C20H25FN6O. The summed E-state index contributed by atoms with van der Waals surface area (Å²) in [6.07, 6.45) is 3.57. The molecule has 2 aromatic heterocycles. The average Bonchev–Trinajstić information content (AvgIpc) is 3.04. The number of ether oxygens (including phenoxy) is 1. The highest BCUT2D eigenvalue weighted by Gasteiger charge is 2.29. The minimum atomic E-state index is -0.261. The number of methoxy groups -OCH3 is 1. The number of aryl methyl sites for hydroxylation is 1. The molecule has 0 atom stereocenters. The minimum absolute atomic E-state index is 0.261. The van der Waals surface area contributed by atoms with Crippen LogP contribution in [-0.4, -0.2) is 39.6 Å². The fourth-order valence-electron chi connectivity index (χ4n) is 3.54. The Hall–Kier alpha value is -2.58. The van der Waals surface area contributed by atoms with Gasteiger partial charge in [0.05, 0.1) is 11.0 Å². The first-order valence-electron chi connectivity index (χ1n) is 9.61. The summed E-state index contributed by atoms with van der Waals surface area (Å²) in [6.45, 7) is 1.13. The van der Waals surface area contributed by atoms with Gasteiger partial charge in [0.25, 0.3) is 0 Å². The Kier molecular flexibility index (Phi) is 5.50. The highest BCUT2D eigenvalue weighted by atomic mass is 19.1. The van der Waals surface area contributed by atoms with Crippen LogP contribution in [0.15, 0.2) is 24.3 Å². The van der Waals surface area contributed by atoms with E-state index in [2.05, 4.69) is 25.3 Å². The Balaban J connectivity index is 1.35. The summed E-state index contributed by atoms with van der Waals surface area (Å²) < 4.78 is 18.5. The van der Waals surface area contributed by atoms with Crippen molar-refractivity contribution in [2.45, 2.75) is 44.2 Å². The minimum Gasteiger partial charge on any atom is -0.377 e. The maximum absolute atomic E-state index is 13.3. The average molecular weight is 384 g/mol. The van der Waals surface area contributed by atoms with Crippen molar-refractivity contribution in [1.82, 2.24) is 19.9 Å². The molecule has 4 N–H and O–H groups in total. The van der Waals surface area contributed by atoms with Crippen molar-refractivity contribution < 1.29 is 9.13 Å². The molecule has 0 saturated heterocycles. The van der Waals surface area contributed by atoms with E-state index in [4.69, 9.17) is 10.5 Å². The third-order valence-corrected chi connectivity index (χ3v) is 5.05. The zero-order valence-electron chi connectivity index (χ0n) is 15.9. The van der Waals surface area contributed by atoms with Gasteiger partial charge in [0, 0.05) is 43.8 Å². The second-order valence-electron chi connectivity index (χ2n) is 7.33. The molecule has 2 heterocycles. The Labute approximate surface area is 162 Å². The van der Waals surface area contributed by atoms with Crippen LogP contribution in [0.25, 0.3) is 11.0 Å². The Morgan fingerprint density at radius 3 is 2.89 bits per heavy atom. The van der Waals surface area contributed by atoms with Crippen molar-refractivity contribution in [3.05, 3.63) is 47.4 Å². The summed E-state index contributed by atoms with van der Waals surface area (Å²) in [5.74, 6) is 2.49. The molecule has 1 saturated carbocycles. The van der Waals surface area contributed by atoms with Crippen LogP contribution in [0, 0.1) is 5.82 Å². The number of imidazole rings is 1. The van der Waals surface area contributed by atoms with Gasteiger partial charge in [-0.1, -0.05) is 0 Å². The van der Waals surface area contributed by atoms with E-state index in [0.29, 0.717) is 18.3 Å². The smallest absolute Gasteiger partial charge is 0.156 e. The molecule has 1 aliphatic carbocycles. The van der Waals surface area contributed by atoms with Gasteiger partial charge in [0.2, 0.25) is 0 Å². The van der Waals surface area contributed by atoms with Gasteiger partial charge in [0.15, 0.2) is 5.82 Å². The maximum atomic E-state index is 13.3. The van der Waals surface area contributed by atoms with Crippen LogP contribution in [0.5, 0.6) is 0 Å². The first-order chi connectivity index (χ1) is 13.6. The number of nitrogens with one attached hydrogen (secondary N) is 2. The van der Waals surface area contributed by atoms with Crippen LogP contribution >= 0.6 is 0 Å². The molecular weight excluding hydrogens is 359 g/mol. The molecule has 1 aromatic carbocycles. The molecule has 7 nitrogen and oxygen atoms in total. The lowest BCUT2D eigenvalue weighted by atomic mass is 9.78. The Morgan fingerprint density at radius 2 is 2.11 bits per heavy atom. The van der Waals surface area contributed by atoms with E-state index in [0.717, 1.165) is 60.6 Å². The molecule has 0 spiro atoms. The van der Waals surface area contributed by atoms with Crippen molar-refractivity contribution in [2.75, 3.05) is 19.0 Å². The van der Waals surface area contributed by atoms with Crippen LogP contribution in [0.4, 0.5) is 10.2 Å². The van der Waals surface area contributed by atoms with E-state index in [1.807, 2.05) is 6.07 Å². The van der Waals surface area contributed by atoms with Crippen molar-refractivity contribution in [1.29, 1.82) is 0 Å². The van der Waals surface area contributed by atoms with Crippen molar-refractivity contribution in [3.8, 4) is 0 Å². The van der Waals surface area contributed by atoms with Gasteiger partial charge in [-0.25, -0.2) is 19.3 Å². The summed E-state index contributed by atoms with van der Waals surface area (Å²) >= 11 is 0. The summed E-state index contributed by atoms with van der Waals surface area (Å²) in [6, 6.07) is 6.87. The molecule has 0 bridgehead atoms. The van der Waals surface area contributed by atoms with Crippen LogP contribution in [0.1, 0.15) is 42.5 Å². The standard InChI is InChI=1S/C20H25FN6O/c1-28-11-20-25-16(12-7-14(22)8-12)10-19(27-20)23-6-2-3-18-24-15-5-4-13(21)9-17(15)26-18/h4-5,9-10,12,14H,2-3,6-8,11,22H2,1H3,(H,24,26)(H,23,25,27). The number of hydrogen-bond donors (Lipinski definition) is 3. The molecule has 0 unspecified atom stereocenters. The number of nitrogens with two attached hydrogens (primary N) is 1. The summed E-state index contributed by atoms with van der Waals surface area (Å²) in [7, 11) is 1.64. The third kappa shape index (κ3) is 4.28. The second-order valence-corrected chi connectivity index (χ2v) is 7.33. The van der Waals surface area contributed by atoms with E-state index in [1.165, 1.54) is 12.1 Å². The lowest BCUT2D eigenvalue weighted by Crippen LogP contribution is -2.35. The molecule has 28 heavy (non-hydrogen) atoms. The molecule has 0 aliphatic heterocycles. The number of anilines is 1. The molecule has 1 aliphatic rings.